The molecule has 28 heavy (non-hydrogen) atoms. The Balaban J connectivity index is 1.70. The van der Waals surface area contributed by atoms with E-state index >= 15 is 0 Å². The molecule has 0 radical (unpaired) electrons. The average molecular weight is 399 g/mol. The van der Waals surface area contributed by atoms with Crippen molar-refractivity contribution in [2.75, 3.05) is 12.9 Å². The lowest BCUT2D eigenvalue weighted by Crippen LogP contribution is -2.31. The van der Waals surface area contributed by atoms with E-state index in [9.17, 15) is 9.18 Å². The van der Waals surface area contributed by atoms with Crippen LogP contribution in [-0.2, 0) is 11.8 Å². The van der Waals surface area contributed by atoms with E-state index in [1.165, 1.54) is 23.9 Å². The third kappa shape index (κ3) is 4.92. The largest absolute Gasteiger partial charge is 0.496 e. The lowest BCUT2D eigenvalue weighted by Gasteiger charge is -2.21. The van der Waals surface area contributed by atoms with E-state index < -0.39 is 6.04 Å². The van der Waals surface area contributed by atoms with Crippen LogP contribution in [0.3, 0.4) is 0 Å². The summed E-state index contributed by atoms with van der Waals surface area (Å²) in [4.78, 5) is 18.0. The van der Waals surface area contributed by atoms with E-state index in [0.29, 0.717) is 17.9 Å². The molecule has 1 N–H and O–H groups in total. The fourth-order valence-corrected chi connectivity index (χ4v) is 3.72. The van der Waals surface area contributed by atoms with Gasteiger partial charge in [-0.1, -0.05) is 18.2 Å². The number of carbonyl (C=O) groups is 1. The molecule has 0 fully saturated rings. The second kappa shape index (κ2) is 9.41. The van der Waals surface area contributed by atoms with Gasteiger partial charge in [0, 0.05) is 42.1 Å². The number of halogens is 1. The minimum Gasteiger partial charge on any atom is -0.496 e. The van der Waals surface area contributed by atoms with Gasteiger partial charge in [-0.15, -0.1) is 11.8 Å². The molecular weight excluding hydrogens is 377 g/mol. The highest BCUT2D eigenvalue weighted by Gasteiger charge is 2.23. The van der Waals surface area contributed by atoms with Gasteiger partial charge < -0.3 is 14.6 Å². The molecule has 1 aromatic heterocycles. The van der Waals surface area contributed by atoms with Gasteiger partial charge in [-0.2, -0.15) is 0 Å². The van der Waals surface area contributed by atoms with E-state index in [4.69, 9.17) is 4.74 Å². The number of methoxy groups -OCH3 is 1. The van der Waals surface area contributed by atoms with Gasteiger partial charge in [0.05, 0.1) is 7.11 Å². The number of para-hydroxylation sites is 1. The molecular formula is C21H22FN3O2S. The van der Waals surface area contributed by atoms with Crippen LogP contribution in [-0.4, -0.2) is 28.3 Å². The molecule has 1 unspecified atom stereocenters. The monoisotopic (exact) mass is 399 g/mol. The highest BCUT2D eigenvalue weighted by Crippen LogP contribution is 2.29. The molecule has 0 saturated carbocycles. The van der Waals surface area contributed by atoms with E-state index in [-0.39, 0.29) is 11.7 Å². The fraction of sp³-hybridized carbons (Fsp3) is 0.238. The van der Waals surface area contributed by atoms with Crippen molar-refractivity contribution in [3.05, 3.63) is 78.1 Å². The Kier molecular flexibility index (Phi) is 6.71. The fourth-order valence-electron chi connectivity index (χ4n) is 2.87. The molecule has 0 bridgehead atoms. The standard InChI is InChI=1S/C21H22FN3O2S/c1-25-13-12-23-21(25)20(17-5-3-4-6-18(17)27-2)24-19(26)11-14-28-16-9-7-15(22)8-10-16/h3-10,12-13,20H,11,14H2,1-2H3,(H,24,26). The van der Waals surface area contributed by atoms with Crippen molar-refractivity contribution < 1.29 is 13.9 Å². The molecule has 1 atom stereocenters. The Morgan fingerprint density at radius 1 is 1.25 bits per heavy atom. The maximum absolute atomic E-state index is 13.0. The first kappa shape index (κ1) is 19.9. The number of amides is 1. The van der Waals surface area contributed by atoms with Gasteiger partial charge >= 0.3 is 0 Å². The zero-order chi connectivity index (χ0) is 19.9. The topological polar surface area (TPSA) is 56.1 Å². The second-order valence-corrected chi connectivity index (χ2v) is 7.36. The van der Waals surface area contributed by atoms with Gasteiger partial charge in [-0.05, 0) is 30.3 Å². The average Bonchev–Trinajstić information content (AvgIpc) is 3.13. The Labute approximate surface area is 167 Å². The van der Waals surface area contributed by atoms with Gasteiger partial charge in [0.2, 0.25) is 5.91 Å². The maximum atomic E-state index is 13.0. The molecule has 3 aromatic rings. The number of aryl methyl sites for hydroxylation is 1. The molecule has 1 amide bonds. The van der Waals surface area contributed by atoms with Crippen molar-refractivity contribution in [3.63, 3.8) is 0 Å². The van der Waals surface area contributed by atoms with Crippen LogP contribution in [0.4, 0.5) is 4.39 Å². The zero-order valence-corrected chi connectivity index (χ0v) is 16.6. The van der Waals surface area contributed by atoms with Gasteiger partial charge in [0.1, 0.15) is 23.4 Å². The summed E-state index contributed by atoms with van der Waals surface area (Å²) < 4.78 is 20.3. The van der Waals surface area contributed by atoms with Gasteiger partial charge in [-0.25, -0.2) is 9.37 Å². The first-order valence-electron chi connectivity index (χ1n) is 8.86. The Bertz CT molecular complexity index is 927. The first-order valence-corrected chi connectivity index (χ1v) is 9.85. The molecule has 3 rings (SSSR count). The Morgan fingerprint density at radius 3 is 2.68 bits per heavy atom. The molecule has 0 aliphatic rings. The summed E-state index contributed by atoms with van der Waals surface area (Å²) in [6.07, 6.45) is 3.88. The summed E-state index contributed by atoms with van der Waals surface area (Å²) in [6.45, 7) is 0. The normalized spacial score (nSPS) is 11.8. The molecule has 0 aliphatic carbocycles. The van der Waals surface area contributed by atoms with Gasteiger partial charge in [0.25, 0.3) is 0 Å². The SMILES string of the molecule is COc1ccccc1C(NC(=O)CCSc1ccc(F)cc1)c1nccn1C. The molecule has 5 nitrogen and oxygen atoms in total. The van der Waals surface area contributed by atoms with Crippen molar-refractivity contribution in [3.8, 4) is 5.75 Å². The number of nitrogens with zero attached hydrogens (tertiary/aromatic N) is 2. The number of aromatic nitrogens is 2. The van der Waals surface area contributed by atoms with Crippen LogP contribution in [0.15, 0.2) is 65.8 Å². The van der Waals surface area contributed by atoms with E-state index in [1.807, 2.05) is 42.1 Å². The van der Waals surface area contributed by atoms with Crippen molar-refractivity contribution in [1.29, 1.82) is 0 Å². The zero-order valence-electron chi connectivity index (χ0n) is 15.8. The predicted molar refractivity (Wildman–Crippen MR) is 108 cm³/mol. The molecule has 146 valence electrons. The van der Waals surface area contributed by atoms with E-state index in [1.54, 1.807) is 25.4 Å². The summed E-state index contributed by atoms with van der Waals surface area (Å²) in [6, 6.07) is 13.4. The summed E-state index contributed by atoms with van der Waals surface area (Å²) in [5, 5.41) is 3.07. The molecule has 0 spiro atoms. The lowest BCUT2D eigenvalue weighted by molar-refractivity contribution is -0.121. The number of benzene rings is 2. The van der Waals surface area contributed by atoms with Gasteiger partial charge in [-0.3, -0.25) is 4.79 Å². The van der Waals surface area contributed by atoms with Crippen LogP contribution in [0.1, 0.15) is 23.9 Å². The van der Waals surface area contributed by atoms with Crippen LogP contribution in [0, 0.1) is 5.82 Å². The number of imidazole rings is 1. The minimum absolute atomic E-state index is 0.0893. The van der Waals surface area contributed by atoms with Crippen LogP contribution < -0.4 is 10.1 Å². The lowest BCUT2D eigenvalue weighted by atomic mass is 10.0. The van der Waals surface area contributed by atoms with Crippen molar-refractivity contribution in [1.82, 2.24) is 14.9 Å². The van der Waals surface area contributed by atoms with E-state index in [0.717, 1.165) is 16.3 Å². The van der Waals surface area contributed by atoms with Crippen LogP contribution in [0.2, 0.25) is 0 Å². The van der Waals surface area contributed by atoms with Crippen LogP contribution >= 0.6 is 11.8 Å². The highest BCUT2D eigenvalue weighted by atomic mass is 32.2. The molecule has 2 aromatic carbocycles. The highest BCUT2D eigenvalue weighted by molar-refractivity contribution is 7.99. The molecule has 0 saturated heterocycles. The van der Waals surface area contributed by atoms with Gasteiger partial charge in [0.15, 0.2) is 0 Å². The number of thioether (sulfide) groups is 1. The number of rotatable bonds is 8. The summed E-state index contributed by atoms with van der Waals surface area (Å²) in [5.41, 5.74) is 0.846. The Morgan fingerprint density at radius 2 is 2.00 bits per heavy atom. The van der Waals surface area contributed by atoms with Crippen molar-refractivity contribution in [2.24, 2.45) is 7.05 Å². The quantitative estimate of drug-likeness (QED) is 0.583. The summed E-state index contributed by atoms with van der Waals surface area (Å²) >= 11 is 1.52. The van der Waals surface area contributed by atoms with Crippen LogP contribution in [0.5, 0.6) is 5.75 Å². The number of hydrogen-bond acceptors (Lipinski definition) is 4. The molecule has 1 heterocycles. The third-order valence-electron chi connectivity index (χ3n) is 4.28. The maximum Gasteiger partial charge on any atom is 0.221 e. The Hall–Kier alpha value is -2.80. The predicted octanol–water partition coefficient (Wildman–Crippen LogP) is 3.96. The first-order chi connectivity index (χ1) is 13.6. The second-order valence-electron chi connectivity index (χ2n) is 6.19. The summed E-state index contributed by atoms with van der Waals surface area (Å²) in [5.74, 6) is 1.65. The number of ether oxygens (including phenoxy) is 1. The molecule has 7 heteroatoms. The molecule has 0 aliphatic heterocycles. The van der Waals surface area contributed by atoms with Crippen molar-refractivity contribution in [2.45, 2.75) is 17.4 Å². The summed E-state index contributed by atoms with van der Waals surface area (Å²) in [7, 11) is 3.50. The van der Waals surface area contributed by atoms with E-state index in [2.05, 4.69) is 10.3 Å². The third-order valence-corrected chi connectivity index (χ3v) is 5.30. The number of hydrogen-bond donors (Lipinski definition) is 1. The van der Waals surface area contributed by atoms with Crippen LogP contribution in [0.25, 0.3) is 0 Å². The smallest absolute Gasteiger partial charge is 0.221 e. The number of nitrogens with one attached hydrogen (secondary N) is 1. The number of carbonyl (C=O) groups excluding carboxylic acids is 1. The van der Waals surface area contributed by atoms with Crippen molar-refractivity contribution >= 4 is 17.7 Å². The minimum atomic E-state index is -0.417.